The Bertz CT molecular complexity index is 611. The van der Waals surface area contributed by atoms with Crippen molar-refractivity contribution in [1.29, 1.82) is 0 Å². The zero-order chi connectivity index (χ0) is 39.1. The fraction of sp³-hybridized carbons (Fsp3) is 1.00. The molecule has 0 saturated heterocycles. The van der Waals surface area contributed by atoms with Crippen LogP contribution in [0.2, 0.25) is 0 Å². The highest BCUT2D eigenvalue weighted by molar-refractivity contribution is 4.42. The average molecular weight is 791 g/mol. The molecule has 54 heavy (non-hydrogen) atoms. The lowest BCUT2D eigenvalue weighted by Crippen LogP contribution is -2.16. The van der Waals surface area contributed by atoms with Crippen LogP contribution in [0.1, 0.15) is 27.7 Å². The van der Waals surface area contributed by atoms with E-state index in [4.69, 9.17) is 75.8 Å². The van der Waals surface area contributed by atoms with Crippen LogP contribution in [0, 0.1) is 11.8 Å². The zero-order valence-electron chi connectivity index (χ0n) is 34.3. The molecule has 0 aromatic heterocycles. The van der Waals surface area contributed by atoms with Gasteiger partial charge in [-0.15, -0.1) is 0 Å². The highest BCUT2D eigenvalue weighted by Gasteiger charge is 1.99. The summed E-state index contributed by atoms with van der Waals surface area (Å²) in [4.78, 5) is 0. The summed E-state index contributed by atoms with van der Waals surface area (Å²) in [5.74, 6) is 1.09. The Morgan fingerprint density at radius 2 is 0.259 bits per heavy atom. The molecule has 0 unspecified atom stereocenters. The average Bonchev–Trinajstić information content (AvgIpc) is 3.15. The molecule has 0 spiro atoms. The predicted molar refractivity (Wildman–Crippen MR) is 203 cm³/mol. The summed E-state index contributed by atoms with van der Waals surface area (Å²) in [6, 6.07) is 0. The normalized spacial score (nSPS) is 11.9. The van der Waals surface area contributed by atoms with E-state index in [1.165, 1.54) is 0 Å². The minimum Gasteiger partial charge on any atom is -0.379 e. The van der Waals surface area contributed by atoms with Crippen LogP contribution in [0.4, 0.5) is 0 Å². The van der Waals surface area contributed by atoms with Crippen molar-refractivity contribution < 1.29 is 75.8 Å². The summed E-state index contributed by atoms with van der Waals surface area (Å²) >= 11 is 0. The van der Waals surface area contributed by atoms with Gasteiger partial charge in [0, 0.05) is 13.2 Å². The largest absolute Gasteiger partial charge is 0.379 e. The molecule has 16 heteroatoms. The molecular weight excluding hydrogens is 712 g/mol. The molecule has 0 bridgehead atoms. The Morgan fingerprint density at radius 3 is 0.352 bits per heavy atom. The Kier molecular flexibility index (Phi) is 47.9. The fourth-order valence-electron chi connectivity index (χ4n) is 3.83. The smallest absolute Gasteiger partial charge is 0.0701 e. The molecule has 0 aliphatic rings. The molecular formula is C38H78O16. The molecule has 0 radical (unpaired) electrons. The van der Waals surface area contributed by atoms with Crippen molar-refractivity contribution in [3.8, 4) is 0 Å². The van der Waals surface area contributed by atoms with E-state index < -0.39 is 0 Å². The minimum atomic E-state index is 0.505. The van der Waals surface area contributed by atoms with Gasteiger partial charge in [0.1, 0.15) is 0 Å². The summed E-state index contributed by atoms with van der Waals surface area (Å²) < 4.78 is 87.6. The van der Waals surface area contributed by atoms with Gasteiger partial charge in [0.05, 0.1) is 198 Å². The summed E-state index contributed by atoms with van der Waals surface area (Å²) in [5.41, 5.74) is 0. The Balaban J connectivity index is 3.06. The van der Waals surface area contributed by atoms with Crippen molar-refractivity contribution in [3.63, 3.8) is 0 Å². The third-order valence-corrected chi connectivity index (χ3v) is 6.48. The Morgan fingerprint density at radius 1 is 0.167 bits per heavy atom. The molecule has 16 nitrogen and oxygen atoms in total. The summed E-state index contributed by atoms with van der Waals surface area (Å²) in [6.07, 6.45) is 0. The molecule has 0 fully saturated rings. The summed E-state index contributed by atoms with van der Waals surface area (Å²) in [7, 11) is 0. The van der Waals surface area contributed by atoms with E-state index in [2.05, 4.69) is 27.7 Å². The third-order valence-electron chi connectivity index (χ3n) is 6.48. The van der Waals surface area contributed by atoms with Crippen molar-refractivity contribution in [2.75, 3.05) is 211 Å². The van der Waals surface area contributed by atoms with E-state index in [1.54, 1.807) is 0 Å². The van der Waals surface area contributed by atoms with Crippen molar-refractivity contribution in [1.82, 2.24) is 0 Å². The van der Waals surface area contributed by atoms with E-state index >= 15 is 0 Å². The van der Waals surface area contributed by atoms with Crippen molar-refractivity contribution in [2.45, 2.75) is 27.7 Å². The lowest BCUT2D eigenvalue weighted by molar-refractivity contribution is -0.0306. The first-order valence-electron chi connectivity index (χ1n) is 19.9. The van der Waals surface area contributed by atoms with E-state index in [0.717, 1.165) is 13.2 Å². The highest BCUT2D eigenvalue weighted by atomic mass is 16.6. The first-order chi connectivity index (χ1) is 26.6. The number of ether oxygens (including phenoxy) is 16. The fourth-order valence-corrected chi connectivity index (χ4v) is 3.83. The SMILES string of the molecule is CC(C)COCCOCCOCCOCCOCCOCCOCCOCCOCCOCCOCCOCCOCCOCCOCCOCC(C)C. The predicted octanol–water partition coefficient (Wildman–Crippen LogP) is 2.56. The topological polar surface area (TPSA) is 148 Å². The second kappa shape index (κ2) is 48.5. The monoisotopic (exact) mass is 791 g/mol. The Hall–Kier alpha value is -0.640. The first-order valence-corrected chi connectivity index (χ1v) is 19.9. The quantitative estimate of drug-likeness (QED) is 0.0831. The second-order valence-corrected chi connectivity index (χ2v) is 12.5. The van der Waals surface area contributed by atoms with Crippen LogP contribution in [-0.2, 0) is 75.8 Å². The van der Waals surface area contributed by atoms with Crippen molar-refractivity contribution in [2.24, 2.45) is 11.8 Å². The number of rotatable bonds is 49. The molecule has 0 aromatic carbocycles. The number of hydrogen-bond donors (Lipinski definition) is 0. The lowest BCUT2D eigenvalue weighted by Gasteiger charge is -2.09. The molecule has 326 valence electrons. The molecule has 0 saturated carbocycles. The van der Waals surface area contributed by atoms with Crippen molar-refractivity contribution in [3.05, 3.63) is 0 Å². The molecule has 0 atom stereocenters. The zero-order valence-corrected chi connectivity index (χ0v) is 34.3. The van der Waals surface area contributed by atoms with E-state index in [0.29, 0.717) is 210 Å². The van der Waals surface area contributed by atoms with Gasteiger partial charge in [0.2, 0.25) is 0 Å². The maximum Gasteiger partial charge on any atom is 0.0701 e. The van der Waals surface area contributed by atoms with Crippen LogP contribution in [0.15, 0.2) is 0 Å². The molecule has 0 aliphatic carbocycles. The van der Waals surface area contributed by atoms with Gasteiger partial charge >= 0.3 is 0 Å². The van der Waals surface area contributed by atoms with Crippen LogP contribution in [0.25, 0.3) is 0 Å². The minimum absolute atomic E-state index is 0.505. The highest BCUT2D eigenvalue weighted by Crippen LogP contribution is 1.93. The van der Waals surface area contributed by atoms with Crippen LogP contribution in [0.3, 0.4) is 0 Å². The standard InChI is InChI=1S/C38H78O16/c1-37(2)35-53-33-31-51-29-27-49-25-23-47-21-19-45-17-15-43-13-11-41-9-7-39-5-6-40-8-10-42-12-14-44-16-18-46-20-22-48-24-26-50-28-30-52-32-34-54-36-38(3)4/h37-38H,5-36H2,1-4H3. The van der Waals surface area contributed by atoms with E-state index in [-0.39, 0.29) is 0 Å². The van der Waals surface area contributed by atoms with Crippen LogP contribution in [0.5, 0.6) is 0 Å². The van der Waals surface area contributed by atoms with Gasteiger partial charge in [0.25, 0.3) is 0 Å². The number of hydrogen-bond acceptors (Lipinski definition) is 16. The van der Waals surface area contributed by atoms with Gasteiger partial charge < -0.3 is 75.8 Å². The van der Waals surface area contributed by atoms with Gasteiger partial charge in [-0.2, -0.15) is 0 Å². The van der Waals surface area contributed by atoms with Crippen LogP contribution in [-0.4, -0.2) is 211 Å². The maximum atomic E-state index is 5.50. The van der Waals surface area contributed by atoms with Gasteiger partial charge in [-0.1, -0.05) is 27.7 Å². The summed E-state index contributed by atoms with van der Waals surface area (Å²) in [6.45, 7) is 25.9. The third kappa shape index (κ3) is 51.4. The van der Waals surface area contributed by atoms with Gasteiger partial charge in [-0.25, -0.2) is 0 Å². The molecule has 0 N–H and O–H groups in total. The molecule has 0 aliphatic heterocycles. The van der Waals surface area contributed by atoms with Gasteiger partial charge in [-0.3, -0.25) is 0 Å². The lowest BCUT2D eigenvalue weighted by atomic mass is 10.2. The van der Waals surface area contributed by atoms with Crippen LogP contribution >= 0.6 is 0 Å². The maximum absolute atomic E-state index is 5.50. The Labute approximate surface area is 326 Å². The molecule has 0 amide bonds. The second-order valence-electron chi connectivity index (χ2n) is 12.5. The van der Waals surface area contributed by atoms with E-state index in [1.807, 2.05) is 0 Å². The molecule has 0 aromatic rings. The van der Waals surface area contributed by atoms with Gasteiger partial charge in [-0.05, 0) is 11.8 Å². The molecule has 0 rings (SSSR count). The van der Waals surface area contributed by atoms with E-state index in [9.17, 15) is 0 Å². The first kappa shape index (κ1) is 53.4. The molecule has 0 heterocycles. The summed E-state index contributed by atoms with van der Waals surface area (Å²) in [5, 5.41) is 0. The van der Waals surface area contributed by atoms with Crippen molar-refractivity contribution >= 4 is 0 Å². The van der Waals surface area contributed by atoms with Crippen LogP contribution < -0.4 is 0 Å². The van der Waals surface area contributed by atoms with Gasteiger partial charge in [0.15, 0.2) is 0 Å².